The quantitative estimate of drug-likeness (QED) is 0.516. The Labute approximate surface area is 83.5 Å². The Bertz CT molecular complexity index is 350. The molecule has 0 aromatic carbocycles. The molecular formula is C6H9N5O4. The Kier molecular flexibility index (Phi) is 3.29. The lowest BCUT2D eigenvalue weighted by Gasteiger charge is -2.13. The van der Waals surface area contributed by atoms with E-state index in [0.29, 0.717) is 0 Å². The van der Waals surface area contributed by atoms with Gasteiger partial charge in [0.1, 0.15) is 12.4 Å². The first kappa shape index (κ1) is 11.0. The summed E-state index contributed by atoms with van der Waals surface area (Å²) in [6, 6.07) is -2.44. The van der Waals surface area contributed by atoms with Crippen LogP contribution in [-0.2, 0) is 9.59 Å². The van der Waals surface area contributed by atoms with Crippen LogP contribution in [0.5, 0.6) is 0 Å². The van der Waals surface area contributed by atoms with Crippen LogP contribution >= 0.6 is 0 Å². The lowest BCUT2D eigenvalue weighted by Crippen LogP contribution is -2.35. The third kappa shape index (κ3) is 2.71. The lowest BCUT2D eigenvalue weighted by molar-refractivity contribution is -0.143. The second-order valence-corrected chi connectivity index (χ2v) is 2.82. The van der Waals surface area contributed by atoms with Gasteiger partial charge in [-0.2, -0.15) is 0 Å². The molecule has 1 unspecified atom stereocenters. The molecule has 0 fully saturated rings. The predicted molar refractivity (Wildman–Crippen MR) is 44.7 cm³/mol. The van der Waals surface area contributed by atoms with Crippen LogP contribution in [0.1, 0.15) is 12.5 Å². The van der Waals surface area contributed by atoms with Gasteiger partial charge in [-0.25, -0.2) is 9.48 Å². The van der Waals surface area contributed by atoms with Crippen molar-refractivity contribution in [3.8, 4) is 0 Å². The number of tetrazole rings is 1. The van der Waals surface area contributed by atoms with Crippen molar-refractivity contribution in [3.05, 3.63) is 6.33 Å². The molecule has 0 radical (unpaired) electrons. The van der Waals surface area contributed by atoms with Crippen molar-refractivity contribution in [3.63, 3.8) is 0 Å². The number of hydrogen-bond acceptors (Lipinski definition) is 6. The van der Waals surface area contributed by atoms with Gasteiger partial charge in [0.15, 0.2) is 6.04 Å². The number of carbonyl (C=O) groups is 2. The number of hydrogen-bond donors (Lipinski definition) is 3. The Morgan fingerprint density at radius 1 is 1.40 bits per heavy atom. The smallest absolute Gasteiger partial charge is 0.328 e. The zero-order valence-electron chi connectivity index (χ0n) is 7.52. The van der Waals surface area contributed by atoms with Gasteiger partial charge >= 0.3 is 11.9 Å². The van der Waals surface area contributed by atoms with Gasteiger partial charge in [-0.1, -0.05) is 0 Å². The maximum atomic E-state index is 10.8. The van der Waals surface area contributed by atoms with Gasteiger partial charge in [-0.3, -0.25) is 4.79 Å². The van der Waals surface area contributed by atoms with Crippen LogP contribution in [0.2, 0.25) is 0 Å². The van der Waals surface area contributed by atoms with Gasteiger partial charge in [-0.15, -0.1) is 5.10 Å². The highest BCUT2D eigenvalue weighted by atomic mass is 16.4. The summed E-state index contributed by atoms with van der Waals surface area (Å²) in [6.07, 6.45) is 0.809. The predicted octanol–water partition coefficient (Wildman–Crippen LogP) is -1.90. The molecule has 4 N–H and O–H groups in total. The molecule has 0 aliphatic rings. The van der Waals surface area contributed by atoms with E-state index in [-0.39, 0.29) is 6.42 Å². The molecule has 0 spiro atoms. The number of nitrogens with two attached hydrogens (primary N) is 1. The van der Waals surface area contributed by atoms with Crippen LogP contribution in [0, 0.1) is 0 Å². The van der Waals surface area contributed by atoms with Crippen LogP contribution in [0.3, 0.4) is 0 Å². The summed E-state index contributed by atoms with van der Waals surface area (Å²) in [5.74, 6) is -2.51. The normalized spacial score (nSPS) is 14.5. The third-order valence-electron chi connectivity index (χ3n) is 1.76. The lowest BCUT2D eigenvalue weighted by atomic mass is 10.1. The summed E-state index contributed by atoms with van der Waals surface area (Å²) in [6.45, 7) is 0. The second kappa shape index (κ2) is 4.46. The van der Waals surface area contributed by atoms with E-state index >= 15 is 0 Å². The van der Waals surface area contributed by atoms with Crippen LogP contribution in [0.4, 0.5) is 0 Å². The second-order valence-electron chi connectivity index (χ2n) is 2.82. The van der Waals surface area contributed by atoms with E-state index in [1.165, 1.54) is 0 Å². The standard InChI is InChI=1S/C6H9N5O4/c7-3(5(12)13)1-4(6(14)15)11-2-8-9-10-11/h2-4H,1,7H2,(H,12,13)(H,14,15)/t3-,4?/m0/s1. The molecule has 0 saturated carbocycles. The molecule has 9 nitrogen and oxygen atoms in total. The van der Waals surface area contributed by atoms with Crippen molar-refractivity contribution in [2.45, 2.75) is 18.5 Å². The molecule has 0 saturated heterocycles. The number of nitrogens with zero attached hydrogens (tertiary/aromatic N) is 4. The maximum absolute atomic E-state index is 10.8. The summed E-state index contributed by atoms with van der Waals surface area (Å²) in [5, 5.41) is 27.2. The molecule has 0 amide bonds. The van der Waals surface area contributed by atoms with Crippen molar-refractivity contribution in [1.29, 1.82) is 0 Å². The zero-order chi connectivity index (χ0) is 11.4. The van der Waals surface area contributed by atoms with Gasteiger partial charge in [0.2, 0.25) is 0 Å². The molecule has 1 rings (SSSR count). The fourth-order valence-corrected chi connectivity index (χ4v) is 0.975. The van der Waals surface area contributed by atoms with Gasteiger partial charge < -0.3 is 15.9 Å². The first-order valence-electron chi connectivity index (χ1n) is 3.96. The fraction of sp³-hybridized carbons (Fsp3) is 0.500. The van der Waals surface area contributed by atoms with E-state index < -0.39 is 24.0 Å². The zero-order valence-corrected chi connectivity index (χ0v) is 7.52. The Balaban J connectivity index is 2.77. The van der Waals surface area contributed by atoms with Gasteiger partial charge in [0.25, 0.3) is 0 Å². The highest BCUT2D eigenvalue weighted by Crippen LogP contribution is 2.11. The Morgan fingerprint density at radius 2 is 2.07 bits per heavy atom. The van der Waals surface area contributed by atoms with E-state index in [1.807, 2.05) is 0 Å². The van der Waals surface area contributed by atoms with Crippen molar-refractivity contribution in [2.75, 3.05) is 0 Å². The van der Waals surface area contributed by atoms with Crippen molar-refractivity contribution in [1.82, 2.24) is 20.2 Å². The minimum absolute atomic E-state index is 0.282. The molecule has 0 bridgehead atoms. The summed E-state index contributed by atoms with van der Waals surface area (Å²) < 4.78 is 0.950. The first-order valence-corrected chi connectivity index (χ1v) is 3.96. The summed E-state index contributed by atoms with van der Waals surface area (Å²) >= 11 is 0. The largest absolute Gasteiger partial charge is 0.480 e. The molecule has 0 aliphatic carbocycles. The van der Waals surface area contributed by atoms with E-state index in [2.05, 4.69) is 15.5 Å². The van der Waals surface area contributed by atoms with Crippen molar-refractivity contribution < 1.29 is 19.8 Å². The van der Waals surface area contributed by atoms with E-state index in [4.69, 9.17) is 15.9 Å². The van der Waals surface area contributed by atoms with Gasteiger partial charge in [0, 0.05) is 6.42 Å². The van der Waals surface area contributed by atoms with Crippen LogP contribution in [0.25, 0.3) is 0 Å². The van der Waals surface area contributed by atoms with Crippen LogP contribution in [-0.4, -0.2) is 48.4 Å². The molecule has 9 heteroatoms. The molecular weight excluding hydrogens is 206 g/mol. The van der Waals surface area contributed by atoms with Gasteiger partial charge in [0.05, 0.1) is 0 Å². The summed E-state index contributed by atoms with van der Waals surface area (Å²) in [4.78, 5) is 21.2. The molecule has 82 valence electrons. The minimum Gasteiger partial charge on any atom is -0.480 e. The number of rotatable bonds is 5. The first-order chi connectivity index (χ1) is 7.02. The third-order valence-corrected chi connectivity index (χ3v) is 1.76. The highest BCUT2D eigenvalue weighted by Gasteiger charge is 2.26. The number of carboxylic acids is 2. The SMILES string of the molecule is N[C@@H](CC(C(=O)O)n1cnnn1)C(=O)O. The van der Waals surface area contributed by atoms with Crippen LogP contribution in [0.15, 0.2) is 6.33 Å². The van der Waals surface area contributed by atoms with E-state index in [1.54, 1.807) is 0 Å². The number of carboxylic acid groups (broad SMARTS) is 2. The average Bonchev–Trinajstić information content (AvgIpc) is 2.65. The van der Waals surface area contributed by atoms with Crippen LogP contribution < -0.4 is 5.73 Å². The summed E-state index contributed by atoms with van der Waals surface area (Å²) in [5.41, 5.74) is 5.22. The molecule has 0 aliphatic heterocycles. The van der Waals surface area contributed by atoms with Gasteiger partial charge in [-0.05, 0) is 10.4 Å². The van der Waals surface area contributed by atoms with Crippen molar-refractivity contribution >= 4 is 11.9 Å². The molecule has 15 heavy (non-hydrogen) atoms. The molecule has 1 aromatic heterocycles. The number of aromatic nitrogens is 4. The number of aliphatic carboxylic acids is 2. The van der Waals surface area contributed by atoms with E-state index in [9.17, 15) is 9.59 Å². The Morgan fingerprint density at radius 3 is 2.47 bits per heavy atom. The maximum Gasteiger partial charge on any atom is 0.328 e. The van der Waals surface area contributed by atoms with E-state index in [0.717, 1.165) is 11.0 Å². The minimum atomic E-state index is -1.27. The molecule has 2 atom stereocenters. The highest BCUT2D eigenvalue weighted by molar-refractivity contribution is 5.76. The Hall–Kier alpha value is -2.03. The molecule has 1 aromatic rings. The average molecular weight is 215 g/mol. The summed E-state index contributed by atoms with van der Waals surface area (Å²) in [7, 11) is 0. The monoisotopic (exact) mass is 215 g/mol. The van der Waals surface area contributed by atoms with Crippen molar-refractivity contribution in [2.24, 2.45) is 5.73 Å². The fourth-order valence-electron chi connectivity index (χ4n) is 0.975. The topological polar surface area (TPSA) is 144 Å². The molecule has 1 heterocycles.